The van der Waals surface area contributed by atoms with Crippen molar-refractivity contribution in [2.75, 3.05) is 34.1 Å². The van der Waals surface area contributed by atoms with Crippen LogP contribution >= 0.6 is 23.5 Å². The monoisotopic (exact) mass is 588 g/mol. The summed E-state index contributed by atoms with van der Waals surface area (Å²) in [5, 5.41) is 2.36. The van der Waals surface area contributed by atoms with Crippen LogP contribution in [-0.2, 0) is 11.3 Å². The minimum absolute atomic E-state index is 0.0106. The quantitative estimate of drug-likeness (QED) is 0.232. The van der Waals surface area contributed by atoms with Gasteiger partial charge in [0.1, 0.15) is 29.9 Å². The molecular weight excluding hydrogens is 560 g/mol. The van der Waals surface area contributed by atoms with Crippen molar-refractivity contribution < 1.29 is 27.1 Å². The first-order chi connectivity index (χ1) is 19.3. The van der Waals surface area contributed by atoms with Gasteiger partial charge in [0.15, 0.2) is 0 Å². The Morgan fingerprint density at radius 2 is 1.30 bits per heavy atom. The summed E-state index contributed by atoms with van der Waals surface area (Å²) in [5.41, 5.74) is 7.84. The lowest BCUT2D eigenvalue weighted by Gasteiger charge is -2.15. The fourth-order valence-electron chi connectivity index (χ4n) is 4.24. The second-order valence-corrected chi connectivity index (χ2v) is 11.3. The van der Waals surface area contributed by atoms with E-state index in [9.17, 15) is 22.4 Å². The van der Waals surface area contributed by atoms with Crippen LogP contribution in [0.3, 0.4) is 0 Å². The van der Waals surface area contributed by atoms with Crippen LogP contribution in [0.5, 0.6) is 0 Å². The van der Waals surface area contributed by atoms with Gasteiger partial charge in [-0.05, 0) is 65.3 Å². The fourth-order valence-corrected chi connectivity index (χ4v) is 5.94. The van der Waals surface area contributed by atoms with Crippen LogP contribution < -0.4 is 11.1 Å². The summed E-state index contributed by atoms with van der Waals surface area (Å²) in [6.07, 6.45) is 4.30. The van der Waals surface area contributed by atoms with Crippen molar-refractivity contribution in [2.24, 2.45) is 0 Å². The van der Waals surface area contributed by atoms with Gasteiger partial charge < -0.3 is 10.5 Å². The zero-order valence-corrected chi connectivity index (χ0v) is 23.2. The highest BCUT2D eigenvalue weighted by Crippen LogP contribution is 2.32. The summed E-state index contributed by atoms with van der Waals surface area (Å²) >= 11 is 3.49. The predicted octanol–water partition coefficient (Wildman–Crippen LogP) is 8.30. The molecule has 210 valence electrons. The summed E-state index contributed by atoms with van der Waals surface area (Å²) in [6.45, 7) is 0.0836. The van der Waals surface area contributed by atoms with Gasteiger partial charge in [-0.25, -0.2) is 22.4 Å². The molecule has 0 atom stereocenters. The summed E-state index contributed by atoms with van der Waals surface area (Å²) < 4.78 is 60.7. The van der Waals surface area contributed by atoms with Gasteiger partial charge in [-0.2, -0.15) is 23.5 Å². The number of nitrogen functional groups attached to an aromatic ring is 1. The normalized spacial score (nSPS) is 14.8. The van der Waals surface area contributed by atoms with Crippen molar-refractivity contribution in [2.45, 2.75) is 19.4 Å². The van der Waals surface area contributed by atoms with Gasteiger partial charge in [0, 0.05) is 34.0 Å². The Bertz CT molecular complexity index is 1370. The Kier molecular flexibility index (Phi) is 10.6. The first-order valence-corrected chi connectivity index (χ1v) is 14.9. The third-order valence-electron chi connectivity index (χ3n) is 6.13. The average molecular weight is 589 g/mol. The molecule has 0 unspecified atom stereocenters. The standard InChI is InChI=1S/C19H17F2NO2S.C11H11F2NS/c20-16-10-15(11-17(21)18(16)14-6-8-25-9-7-14)22-19(23)24-12-13-4-2-1-3-5-13;12-9-5-8(14)6-10(13)11(9)7-1-3-15-4-2-7/h1-6,10-11H,7-9,12H2,(H,22,23);1,5-6H,2-4,14H2. The molecule has 1 amide bonds. The lowest BCUT2D eigenvalue weighted by atomic mass is 10.0. The lowest BCUT2D eigenvalue weighted by Crippen LogP contribution is -2.14. The number of anilines is 2. The Morgan fingerprint density at radius 3 is 1.77 bits per heavy atom. The molecule has 0 aliphatic carbocycles. The van der Waals surface area contributed by atoms with E-state index in [4.69, 9.17) is 10.5 Å². The Morgan fingerprint density at radius 1 is 0.800 bits per heavy atom. The second-order valence-electron chi connectivity index (χ2n) is 8.97. The van der Waals surface area contributed by atoms with E-state index in [2.05, 4.69) is 5.32 Å². The van der Waals surface area contributed by atoms with E-state index in [0.717, 1.165) is 46.3 Å². The Balaban J connectivity index is 0.000000210. The van der Waals surface area contributed by atoms with Gasteiger partial charge in [-0.3, -0.25) is 5.32 Å². The minimum atomic E-state index is -0.760. The number of ether oxygens (including phenoxy) is 1. The maximum Gasteiger partial charge on any atom is 0.411 e. The molecule has 3 N–H and O–H groups in total. The van der Waals surface area contributed by atoms with Crippen LogP contribution in [0.25, 0.3) is 11.1 Å². The molecule has 0 saturated heterocycles. The highest BCUT2D eigenvalue weighted by atomic mass is 32.2. The number of benzene rings is 3. The number of allylic oxidation sites excluding steroid dienone is 2. The van der Waals surface area contributed by atoms with Gasteiger partial charge in [-0.1, -0.05) is 42.5 Å². The van der Waals surface area contributed by atoms with E-state index in [-0.39, 0.29) is 29.1 Å². The number of thioether (sulfide) groups is 2. The highest BCUT2D eigenvalue weighted by molar-refractivity contribution is 7.99. The van der Waals surface area contributed by atoms with Crippen LogP contribution in [0.2, 0.25) is 0 Å². The van der Waals surface area contributed by atoms with Gasteiger partial charge in [0.2, 0.25) is 0 Å². The van der Waals surface area contributed by atoms with Crippen molar-refractivity contribution in [3.8, 4) is 0 Å². The largest absolute Gasteiger partial charge is 0.444 e. The molecule has 0 spiro atoms. The third-order valence-corrected chi connectivity index (χ3v) is 7.92. The molecular formula is C30H28F4N2O2S2. The number of hydrogen-bond acceptors (Lipinski definition) is 5. The van der Waals surface area contributed by atoms with Crippen molar-refractivity contribution in [1.82, 2.24) is 0 Å². The SMILES string of the molecule is Nc1cc(F)c(C2=CCSCC2)c(F)c1.O=C(Nc1cc(F)c(C2=CCSCC2)c(F)c1)OCc1ccccc1. The van der Waals surface area contributed by atoms with Crippen molar-refractivity contribution >= 4 is 52.1 Å². The van der Waals surface area contributed by atoms with Crippen molar-refractivity contribution in [3.63, 3.8) is 0 Å². The Labute approximate surface area is 239 Å². The van der Waals surface area contributed by atoms with Crippen LogP contribution in [0, 0.1) is 23.3 Å². The van der Waals surface area contributed by atoms with E-state index in [1.807, 2.05) is 42.5 Å². The van der Waals surface area contributed by atoms with Crippen LogP contribution in [0.4, 0.5) is 33.7 Å². The first-order valence-electron chi connectivity index (χ1n) is 12.6. The van der Waals surface area contributed by atoms with Crippen LogP contribution in [0.15, 0.2) is 66.7 Å². The number of amides is 1. The molecule has 0 radical (unpaired) electrons. The molecule has 0 bridgehead atoms. The molecule has 10 heteroatoms. The number of carbonyl (C=O) groups excluding carboxylic acids is 1. The average Bonchev–Trinajstić information content (AvgIpc) is 2.93. The van der Waals surface area contributed by atoms with E-state index in [1.165, 1.54) is 12.1 Å². The molecule has 3 aromatic rings. The third kappa shape index (κ3) is 8.08. The van der Waals surface area contributed by atoms with E-state index < -0.39 is 29.4 Å². The molecule has 2 heterocycles. The van der Waals surface area contributed by atoms with Gasteiger partial charge in [0.25, 0.3) is 0 Å². The molecule has 4 nitrogen and oxygen atoms in total. The van der Waals surface area contributed by atoms with Crippen molar-refractivity contribution in [3.05, 3.63) is 107 Å². The summed E-state index contributed by atoms with van der Waals surface area (Å²) in [5.74, 6) is 0.828. The van der Waals surface area contributed by atoms with Gasteiger partial charge in [0.05, 0.1) is 0 Å². The molecule has 5 rings (SSSR count). The maximum atomic E-state index is 14.3. The zero-order chi connectivity index (χ0) is 28.5. The lowest BCUT2D eigenvalue weighted by molar-refractivity contribution is 0.155. The van der Waals surface area contributed by atoms with E-state index in [1.54, 1.807) is 23.5 Å². The number of nitrogens with two attached hydrogens (primary N) is 1. The summed E-state index contributed by atoms with van der Waals surface area (Å²) in [4.78, 5) is 11.8. The number of hydrogen-bond donors (Lipinski definition) is 2. The fraction of sp³-hybridized carbons (Fsp3) is 0.233. The zero-order valence-electron chi connectivity index (χ0n) is 21.5. The maximum absolute atomic E-state index is 14.3. The molecule has 3 aromatic carbocycles. The number of nitrogens with one attached hydrogen (secondary N) is 1. The topological polar surface area (TPSA) is 64.4 Å². The highest BCUT2D eigenvalue weighted by Gasteiger charge is 2.19. The van der Waals surface area contributed by atoms with Gasteiger partial charge in [-0.15, -0.1) is 0 Å². The first kappa shape index (κ1) is 29.6. The molecule has 0 aromatic heterocycles. The molecule has 40 heavy (non-hydrogen) atoms. The van der Waals surface area contributed by atoms with E-state index >= 15 is 0 Å². The number of carbonyl (C=O) groups is 1. The Hall–Kier alpha value is -3.37. The molecule has 0 fully saturated rings. The molecule has 0 saturated carbocycles. The van der Waals surface area contributed by atoms with Crippen LogP contribution in [0.1, 0.15) is 29.5 Å². The van der Waals surface area contributed by atoms with Gasteiger partial charge >= 0.3 is 6.09 Å². The smallest absolute Gasteiger partial charge is 0.411 e. The molecule has 2 aliphatic heterocycles. The molecule has 2 aliphatic rings. The second kappa shape index (κ2) is 14.3. The summed E-state index contributed by atoms with van der Waals surface area (Å²) in [7, 11) is 0. The predicted molar refractivity (Wildman–Crippen MR) is 157 cm³/mol. The van der Waals surface area contributed by atoms with E-state index in [0.29, 0.717) is 18.4 Å². The summed E-state index contributed by atoms with van der Waals surface area (Å²) in [6, 6.07) is 13.7. The number of halogens is 4. The number of rotatable bonds is 5. The minimum Gasteiger partial charge on any atom is -0.444 e. The van der Waals surface area contributed by atoms with Crippen molar-refractivity contribution in [1.29, 1.82) is 0 Å². The van der Waals surface area contributed by atoms with Crippen LogP contribution in [-0.4, -0.2) is 29.1 Å².